The predicted molar refractivity (Wildman–Crippen MR) is 79.4 cm³/mol. The SMILES string of the molecule is C#CCNCC(=O)Nc1ccccc1C(=O)NCCC. The molecule has 20 heavy (non-hydrogen) atoms. The van der Waals surface area contributed by atoms with E-state index < -0.39 is 0 Å². The monoisotopic (exact) mass is 273 g/mol. The molecule has 0 fully saturated rings. The van der Waals surface area contributed by atoms with Gasteiger partial charge in [0.25, 0.3) is 5.91 Å². The molecule has 0 aliphatic rings. The van der Waals surface area contributed by atoms with Gasteiger partial charge in [0.1, 0.15) is 0 Å². The highest BCUT2D eigenvalue weighted by Crippen LogP contribution is 2.14. The lowest BCUT2D eigenvalue weighted by Crippen LogP contribution is -2.30. The third kappa shape index (κ3) is 5.12. The molecule has 1 aromatic rings. The summed E-state index contributed by atoms with van der Waals surface area (Å²) in [5.41, 5.74) is 0.944. The molecular weight excluding hydrogens is 254 g/mol. The minimum Gasteiger partial charge on any atom is -0.352 e. The summed E-state index contributed by atoms with van der Waals surface area (Å²) >= 11 is 0. The van der Waals surface area contributed by atoms with Crippen molar-refractivity contribution in [1.82, 2.24) is 10.6 Å². The molecule has 5 heteroatoms. The lowest BCUT2D eigenvalue weighted by Gasteiger charge is -2.11. The summed E-state index contributed by atoms with van der Waals surface area (Å²) < 4.78 is 0. The molecule has 0 aliphatic heterocycles. The highest BCUT2D eigenvalue weighted by molar-refractivity contribution is 6.04. The number of carbonyl (C=O) groups is 2. The molecule has 0 saturated carbocycles. The molecular formula is C15H19N3O2. The van der Waals surface area contributed by atoms with Gasteiger partial charge in [-0.2, -0.15) is 0 Å². The van der Waals surface area contributed by atoms with E-state index in [1.807, 2.05) is 6.92 Å². The minimum absolute atomic E-state index is 0.106. The number of hydrogen-bond acceptors (Lipinski definition) is 3. The van der Waals surface area contributed by atoms with Gasteiger partial charge in [0, 0.05) is 6.54 Å². The van der Waals surface area contributed by atoms with Gasteiger partial charge in [-0.15, -0.1) is 6.42 Å². The molecule has 0 radical (unpaired) electrons. The maximum absolute atomic E-state index is 12.0. The zero-order valence-electron chi connectivity index (χ0n) is 11.5. The van der Waals surface area contributed by atoms with Crippen molar-refractivity contribution < 1.29 is 9.59 Å². The van der Waals surface area contributed by atoms with E-state index in [9.17, 15) is 9.59 Å². The van der Waals surface area contributed by atoms with E-state index in [1.54, 1.807) is 24.3 Å². The summed E-state index contributed by atoms with van der Waals surface area (Å²) in [6.45, 7) is 3.01. The molecule has 0 bridgehead atoms. The first-order chi connectivity index (χ1) is 9.69. The fourth-order valence-electron chi connectivity index (χ4n) is 1.57. The van der Waals surface area contributed by atoms with Crippen LogP contribution >= 0.6 is 0 Å². The fourth-order valence-corrected chi connectivity index (χ4v) is 1.57. The number of benzene rings is 1. The maximum atomic E-state index is 12.0. The molecule has 0 aliphatic carbocycles. The summed E-state index contributed by atoms with van der Waals surface area (Å²) in [4.78, 5) is 23.7. The van der Waals surface area contributed by atoms with Crippen LogP contribution in [0, 0.1) is 12.3 Å². The number of nitrogens with one attached hydrogen (secondary N) is 3. The van der Waals surface area contributed by atoms with Crippen LogP contribution in [0.15, 0.2) is 24.3 Å². The van der Waals surface area contributed by atoms with Crippen molar-refractivity contribution in [2.75, 3.05) is 25.0 Å². The van der Waals surface area contributed by atoms with Crippen LogP contribution in [0.2, 0.25) is 0 Å². The maximum Gasteiger partial charge on any atom is 0.253 e. The van der Waals surface area contributed by atoms with Crippen molar-refractivity contribution in [2.45, 2.75) is 13.3 Å². The zero-order chi connectivity index (χ0) is 14.8. The Balaban J connectivity index is 2.68. The first-order valence-corrected chi connectivity index (χ1v) is 6.50. The van der Waals surface area contributed by atoms with Gasteiger partial charge in [0.2, 0.25) is 5.91 Å². The van der Waals surface area contributed by atoms with Gasteiger partial charge in [0.15, 0.2) is 0 Å². The van der Waals surface area contributed by atoms with E-state index in [-0.39, 0.29) is 18.4 Å². The Morgan fingerprint density at radius 3 is 2.75 bits per heavy atom. The Morgan fingerprint density at radius 1 is 1.30 bits per heavy atom. The Hall–Kier alpha value is -2.32. The van der Waals surface area contributed by atoms with Gasteiger partial charge < -0.3 is 10.6 Å². The number of para-hydroxylation sites is 1. The molecule has 2 amide bonds. The third-order valence-corrected chi connectivity index (χ3v) is 2.49. The van der Waals surface area contributed by atoms with Crippen molar-refractivity contribution in [1.29, 1.82) is 0 Å². The predicted octanol–water partition coefficient (Wildman–Crippen LogP) is 0.988. The van der Waals surface area contributed by atoms with Gasteiger partial charge in [-0.3, -0.25) is 14.9 Å². The summed E-state index contributed by atoms with van der Waals surface area (Å²) in [5.74, 6) is 1.95. The standard InChI is InChI=1S/C15H19N3O2/c1-3-9-16-11-14(19)18-13-8-6-5-7-12(13)15(20)17-10-4-2/h1,5-8,16H,4,9-11H2,2H3,(H,17,20)(H,18,19). The smallest absolute Gasteiger partial charge is 0.253 e. The van der Waals surface area contributed by atoms with Gasteiger partial charge in [-0.25, -0.2) is 0 Å². The third-order valence-electron chi connectivity index (χ3n) is 2.49. The topological polar surface area (TPSA) is 70.2 Å². The van der Waals surface area contributed by atoms with Crippen LogP contribution in [0.25, 0.3) is 0 Å². The van der Waals surface area contributed by atoms with E-state index in [0.29, 0.717) is 24.3 Å². The zero-order valence-corrected chi connectivity index (χ0v) is 11.5. The molecule has 0 atom stereocenters. The number of hydrogen-bond donors (Lipinski definition) is 3. The van der Waals surface area contributed by atoms with Gasteiger partial charge in [-0.05, 0) is 18.6 Å². The summed E-state index contributed by atoms with van der Waals surface area (Å²) in [6, 6.07) is 6.89. The molecule has 1 aromatic carbocycles. The first-order valence-electron chi connectivity index (χ1n) is 6.50. The van der Waals surface area contributed by atoms with E-state index in [4.69, 9.17) is 6.42 Å². The van der Waals surface area contributed by atoms with Crippen LogP contribution in [0.4, 0.5) is 5.69 Å². The van der Waals surface area contributed by atoms with Crippen LogP contribution in [0.1, 0.15) is 23.7 Å². The van der Waals surface area contributed by atoms with Crippen LogP contribution in [0.5, 0.6) is 0 Å². The van der Waals surface area contributed by atoms with Gasteiger partial charge >= 0.3 is 0 Å². The van der Waals surface area contributed by atoms with Crippen LogP contribution in [0.3, 0.4) is 0 Å². The highest BCUT2D eigenvalue weighted by Gasteiger charge is 2.12. The lowest BCUT2D eigenvalue weighted by molar-refractivity contribution is -0.115. The number of carbonyl (C=O) groups excluding carboxylic acids is 2. The molecule has 3 N–H and O–H groups in total. The second-order valence-corrected chi connectivity index (χ2v) is 4.16. The summed E-state index contributed by atoms with van der Waals surface area (Å²) in [6.07, 6.45) is 5.94. The van der Waals surface area contributed by atoms with Crippen molar-refractivity contribution >= 4 is 17.5 Å². The Labute approximate surface area is 119 Å². The van der Waals surface area contributed by atoms with E-state index in [2.05, 4.69) is 21.9 Å². The summed E-state index contributed by atoms with van der Waals surface area (Å²) in [5, 5.41) is 8.27. The van der Waals surface area contributed by atoms with Crippen molar-refractivity contribution in [3.05, 3.63) is 29.8 Å². The molecule has 1 rings (SSSR count). The van der Waals surface area contributed by atoms with Crippen molar-refractivity contribution in [3.63, 3.8) is 0 Å². The average molecular weight is 273 g/mol. The van der Waals surface area contributed by atoms with Crippen LogP contribution < -0.4 is 16.0 Å². The summed E-state index contributed by atoms with van der Waals surface area (Å²) in [7, 11) is 0. The van der Waals surface area contributed by atoms with Gasteiger partial charge in [0.05, 0.1) is 24.3 Å². The Bertz CT molecular complexity index is 506. The number of rotatable bonds is 7. The Kier molecular flexibility index (Phi) is 6.87. The lowest BCUT2D eigenvalue weighted by atomic mass is 10.1. The first kappa shape index (κ1) is 15.7. The van der Waals surface area contributed by atoms with Crippen LogP contribution in [-0.2, 0) is 4.79 Å². The molecule has 0 heterocycles. The average Bonchev–Trinajstić information content (AvgIpc) is 2.45. The van der Waals surface area contributed by atoms with Crippen molar-refractivity contribution in [2.24, 2.45) is 0 Å². The molecule has 0 unspecified atom stereocenters. The number of anilines is 1. The van der Waals surface area contributed by atoms with E-state index >= 15 is 0 Å². The largest absolute Gasteiger partial charge is 0.352 e. The van der Waals surface area contributed by atoms with E-state index in [1.165, 1.54) is 0 Å². The van der Waals surface area contributed by atoms with E-state index in [0.717, 1.165) is 6.42 Å². The second kappa shape index (κ2) is 8.73. The van der Waals surface area contributed by atoms with Gasteiger partial charge in [-0.1, -0.05) is 25.0 Å². The number of terminal acetylenes is 1. The van der Waals surface area contributed by atoms with Crippen LogP contribution in [-0.4, -0.2) is 31.4 Å². The second-order valence-electron chi connectivity index (χ2n) is 4.16. The molecule has 0 spiro atoms. The molecule has 0 aromatic heterocycles. The minimum atomic E-state index is -0.240. The van der Waals surface area contributed by atoms with Crippen molar-refractivity contribution in [3.8, 4) is 12.3 Å². The Morgan fingerprint density at radius 2 is 2.05 bits per heavy atom. The molecule has 0 saturated heterocycles. The fraction of sp³-hybridized carbons (Fsp3) is 0.333. The highest BCUT2D eigenvalue weighted by atomic mass is 16.2. The molecule has 106 valence electrons. The normalized spacial score (nSPS) is 9.60. The molecule has 5 nitrogen and oxygen atoms in total. The quantitative estimate of drug-likeness (QED) is 0.512. The number of amides is 2.